The number of guanidine groups is 1. The second kappa shape index (κ2) is 9.75. The minimum Gasteiger partial charge on any atom is -0.356 e. The molecule has 0 radical (unpaired) electrons. The van der Waals surface area contributed by atoms with Gasteiger partial charge in [-0.25, -0.2) is 12.7 Å². The molecule has 0 atom stereocenters. The van der Waals surface area contributed by atoms with Gasteiger partial charge in [0.25, 0.3) is 0 Å². The van der Waals surface area contributed by atoms with E-state index in [4.69, 9.17) is 11.6 Å². The van der Waals surface area contributed by atoms with Crippen LogP contribution in [0.3, 0.4) is 0 Å². The molecule has 6 nitrogen and oxygen atoms in total. The van der Waals surface area contributed by atoms with Gasteiger partial charge in [-0.05, 0) is 31.0 Å². The molecule has 0 heterocycles. The third kappa shape index (κ3) is 7.20. The number of hydrogen-bond donors (Lipinski definition) is 2. The predicted molar refractivity (Wildman–Crippen MR) is 96.4 cm³/mol. The third-order valence-corrected chi connectivity index (χ3v) is 5.49. The third-order valence-electron chi connectivity index (χ3n) is 3.38. The Labute approximate surface area is 144 Å². The largest absolute Gasteiger partial charge is 0.356 e. The highest BCUT2D eigenvalue weighted by molar-refractivity contribution is 7.89. The molecule has 0 aliphatic carbocycles. The first-order chi connectivity index (χ1) is 10.9. The SMILES string of the molecule is CCS(=O)(=O)N(C)CCCNC(=NC)NCc1ccc(Cl)cc1. The van der Waals surface area contributed by atoms with Crippen molar-refractivity contribution in [1.82, 2.24) is 14.9 Å². The summed E-state index contributed by atoms with van der Waals surface area (Å²) in [5.74, 6) is 0.808. The van der Waals surface area contributed by atoms with E-state index in [9.17, 15) is 8.42 Å². The van der Waals surface area contributed by atoms with Gasteiger partial charge in [-0.15, -0.1) is 0 Å². The van der Waals surface area contributed by atoms with E-state index >= 15 is 0 Å². The number of aliphatic imine (C=N–C) groups is 1. The summed E-state index contributed by atoms with van der Waals surface area (Å²) in [7, 11) is 0.198. The molecular formula is C15H25ClN4O2S. The van der Waals surface area contributed by atoms with E-state index in [-0.39, 0.29) is 5.75 Å². The first kappa shape index (κ1) is 19.7. The van der Waals surface area contributed by atoms with Crippen molar-refractivity contribution in [2.75, 3.05) is 32.9 Å². The Morgan fingerprint density at radius 2 is 1.91 bits per heavy atom. The Bertz CT molecular complexity index is 602. The van der Waals surface area contributed by atoms with Gasteiger partial charge in [-0.1, -0.05) is 23.7 Å². The molecule has 1 rings (SSSR count). The normalized spacial score (nSPS) is 12.5. The van der Waals surface area contributed by atoms with Crippen LogP contribution in [0.4, 0.5) is 0 Å². The summed E-state index contributed by atoms with van der Waals surface area (Å²) in [6, 6.07) is 7.60. The lowest BCUT2D eigenvalue weighted by atomic mass is 10.2. The number of nitrogens with one attached hydrogen (secondary N) is 2. The topological polar surface area (TPSA) is 73.8 Å². The lowest BCUT2D eigenvalue weighted by Gasteiger charge is -2.17. The second-order valence-electron chi connectivity index (χ2n) is 5.05. The maximum absolute atomic E-state index is 11.6. The highest BCUT2D eigenvalue weighted by Crippen LogP contribution is 2.09. The van der Waals surface area contributed by atoms with E-state index in [0.717, 1.165) is 5.56 Å². The van der Waals surface area contributed by atoms with E-state index in [1.807, 2.05) is 24.3 Å². The predicted octanol–water partition coefficient (Wildman–Crippen LogP) is 1.68. The number of hydrogen-bond acceptors (Lipinski definition) is 3. The summed E-state index contributed by atoms with van der Waals surface area (Å²) >= 11 is 5.85. The van der Waals surface area contributed by atoms with Crippen LogP contribution in [0.15, 0.2) is 29.3 Å². The molecule has 0 bridgehead atoms. The number of sulfonamides is 1. The van der Waals surface area contributed by atoms with Crippen LogP contribution in [0.2, 0.25) is 5.02 Å². The van der Waals surface area contributed by atoms with Crippen LogP contribution in [0.25, 0.3) is 0 Å². The molecule has 0 aromatic heterocycles. The van der Waals surface area contributed by atoms with Crippen LogP contribution in [-0.2, 0) is 16.6 Å². The molecule has 0 saturated carbocycles. The molecule has 0 amide bonds. The molecule has 0 aliphatic heterocycles. The summed E-state index contributed by atoms with van der Waals surface area (Å²) in [5, 5.41) is 7.08. The molecule has 23 heavy (non-hydrogen) atoms. The quantitative estimate of drug-likeness (QED) is 0.420. The van der Waals surface area contributed by atoms with Gasteiger partial charge in [0, 0.05) is 38.8 Å². The number of rotatable bonds is 8. The molecule has 8 heteroatoms. The first-order valence-electron chi connectivity index (χ1n) is 7.52. The molecule has 2 N–H and O–H groups in total. The van der Waals surface area contributed by atoms with E-state index in [0.29, 0.717) is 37.0 Å². The van der Waals surface area contributed by atoms with Crippen molar-refractivity contribution < 1.29 is 8.42 Å². The molecule has 0 saturated heterocycles. The summed E-state index contributed by atoms with van der Waals surface area (Å²) in [6.45, 7) is 3.41. The zero-order valence-electron chi connectivity index (χ0n) is 13.8. The van der Waals surface area contributed by atoms with Crippen LogP contribution in [0.5, 0.6) is 0 Å². The van der Waals surface area contributed by atoms with Crippen molar-refractivity contribution in [2.45, 2.75) is 19.9 Å². The zero-order chi connectivity index (χ0) is 17.3. The first-order valence-corrected chi connectivity index (χ1v) is 9.50. The van der Waals surface area contributed by atoms with Gasteiger partial charge in [0.2, 0.25) is 10.0 Å². The Hall–Kier alpha value is -1.31. The van der Waals surface area contributed by atoms with Gasteiger partial charge in [0.1, 0.15) is 0 Å². The summed E-state index contributed by atoms with van der Waals surface area (Å²) < 4.78 is 24.6. The van der Waals surface area contributed by atoms with Gasteiger partial charge in [0.15, 0.2) is 5.96 Å². The smallest absolute Gasteiger partial charge is 0.213 e. The molecule has 1 aromatic rings. The van der Waals surface area contributed by atoms with Gasteiger partial charge in [-0.2, -0.15) is 0 Å². The fraction of sp³-hybridized carbons (Fsp3) is 0.533. The van der Waals surface area contributed by atoms with Crippen LogP contribution in [-0.4, -0.2) is 51.6 Å². The molecule has 1 aromatic carbocycles. The van der Waals surface area contributed by atoms with Crippen LogP contribution in [0.1, 0.15) is 18.9 Å². The number of benzene rings is 1. The minimum absolute atomic E-state index is 0.126. The van der Waals surface area contributed by atoms with Gasteiger partial charge in [-0.3, -0.25) is 4.99 Å². The average molecular weight is 361 g/mol. The fourth-order valence-electron chi connectivity index (χ4n) is 1.88. The summed E-state index contributed by atoms with van der Waals surface area (Å²) in [5.41, 5.74) is 1.10. The van der Waals surface area contributed by atoms with Crippen molar-refractivity contribution in [2.24, 2.45) is 4.99 Å². The molecule has 0 aliphatic rings. The molecule has 0 fully saturated rings. The summed E-state index contributed by atoms with van der Waals surface area (Å²) in [4.78, 5) is 4.14. The minimum atomic E-state index is -3.11. The lowest BCUT2D eigenvalue weighted by molar-refractivity contribution is 0.461. The van der Waals surface area contributed by atoms with Crippen molar-refractivity contribution in [3.63, 3.8) is 0 Å². The van der Waals surface area contributed by atoms with Crippen LogP contribution < -0.4 is 10.6 Å². The average Bonchev–Trinajstić information content (AvgIpc) is 2.55. The maximum atomic E-state index is 11.6. The lowest BCUT2D eigenvalue weighted by Crippen LogP contribution is -2.38. The number of nitrogens with zero attached hydrogens (tertiary/aromatic N) is 2. The molecular weight excluding hydrogens is 336 g/mol. The number of halogens is 1. The van der Waals surface area contributed by atoms with E-state index in [1.54, 1.807) is 21.0 Å². The van der Waals surface area contributed by atoms with Gasteiger partial charge >= 0.3 is 0 Å². The standard InChI is InChI=1S/C15H25ClN4O2S/c1-4-23(21,22)20(3)11-5-10-18-15(17-2)19-12-13-6-8-14(16)9-7-13/h6-9H,4-5,10-12H2,1-3H3,(H2,17,18,19). The second-order valence-corrected chi connectivity index (χ2v) is 7.86. The van der Waals surface area contributed by atoms with Crippen molar-refractivity contribution in [3.05, 3.63) is 34.9 Å². The van der Waals surface area contributed by atoms with Gasteiger partial charge in [0.05, 0.1) is 5.75 Å². The monoisotopic (exact) mass is 360 g/mol. The van der Waals surface area contributed by atoms with E-state index in [2.05, 4.69) is 15.6 Å². The summed E-state index contributed by atoms with van der Waals surface area (Å²) in [6.07, 6.45) is 0.706. The highest BCUT2D eigenvalue weighted by atomic mass is 35.5. The van der Waals surface area contributed by atoms with Gasteiger partial charge < -0.3 is 10.6 Å². The Morgan fingerprint density at radius 3 is 2.48 bits per heavy atom. The van der Waals surface area contributed by atoms with Crippen molar-refractivity contribution in [1.29, 1.82) is 0 Å². The zero-order valence-corrected chi connectivity index (χ0v) is 15.4. The maximum Gasteiger partial charge on any atom is 0.213 e. The van der Waals surface area contributed by atoms with E-state index < -0.39 is 10.0 Å². The van der Waals surface area contributed by atoms with Crippen molar-refractivity contribution >= 4 is 27.6 Å². The van der Waals surface area contributed by atoms with Crippen LogP contribution in [0, 0.1) is 0 Å². The van der Waals surface area contributed by atoms with E-state index in [1.165, 1.54) is 4.31 Å². The Kier molecular flexibility index (Phi) is 8.36. The Morgan fingerprint density at radius 1 is 1.26 bits per heavy atom. The molecule has 0 spiro atoms. The fourth-order valence-corrected chi connectivity index (χ4v) is 2.85. The molecule has 130 valence electrons. The highest BCUT2D eigenvalue weighted by Gasteiger charge is 2.13. The molecule has 0 unspecified atom stereocenters. The Balaban J connectivity index is 2.31. The van der Waals surface area contributed by atoms with Crippen LogP contribution >= 0.6 is 11.6 Å². The van der Waals surface area contributed by atoms with Crippen molar-refractivity contribution in [3.8, 4) is 0 Å².